The summed E-state index contributed by atoms with van der Waals surface area (Å²) in [4.78, 5) is 4.19. The van der Waals surface area contributed by atoms with E-state index in [1.54, 1.807) is 6.20 Å². The number of rotatable bonds is 5. The maximum Gasteiger partial charge on any atom is 0.150 e. The molecule has 0 spiro atoms. The summed E-state index contributed by atoms with van der Waals surface area (Å²) in [6.07, 6.45) is 8.07. The molecule has 2 aromatic heterocycles. The van der Waals surface area contributed by atoms with Crippen LogP contribution >= 0.6 is 0 Å². The van der Waals surface area contributed by atoms with Gasteiger partial charge in [-0.15, -0.1) is 0 Å². The molecule has 0 aliphatic heterocycles. The minimum Gasteiger partial charge on any atom is -0.360 e. The maximum atomic E-state index is 5.01. The van der Waals surface area contributed by atoms with Gasteiger partial charge in [0.1, 0.15) is 5.76 Å². The topological polar surface area (TPSA) is 55.9 Å². The van der Waals surface area contributed by atoms with Crippen molar-refractivity contribution in [3.05, 3.63) is 36.2 Å². The van der Waals surface area contributed by atoms with Crippen molar-refractivity contribution < 1.29 is 4.52 Å². The van der Waals surface area contributed by atoms with Crippen molar-refractivity contribution in [2.75, 3.05) is 0 Å². The van der Waals surface area contributed by atoms with Gasteiger partial charge in [-0.05, 0) is 12.8 Å². The summed E-state index contributed by atoms with van der Waals surface area (Å²) < 4.78 is 7.27. The monoisotopic (exact) mass is 218 g/mol. The van der Waals surface area contributed by atoms with Crippen LogP contribution in [0.3, 0.4) is 0 Å². The number of nitrogens with one attached hydrogen (secondary N) is 1. The van der Waals surface area contributed by atoms with Gasteiger partial charge in [0.2, 0.25) is 0 Å². The highest BCUT2D eigenvalue weighted by Gasteiger charge is 2.24. The Morgan fingerprint density at radius 1 is 1.44 bits per heavy atom. The first-order chi connectivity index (χ1) is 7.93. The number of hydrogen-bond acceptors (Lipinski definition) is 4. The second kappa shape index (κ2) is 4.09. The van der Waals surface area contributed by atoms with E-state index in [0.717, 1.165) is 12.3 Å². The highest BCUT2D eigenvalue weighted by molar-refractivity contribution is 5.03. The molecule has 0 aromatic carbocycles. The second-order valence-electron chi connectivity index (χ2n) is 4.11. The fraction of sp³-hybridized carbons (Fsp3) is 0.455. The standard InChI is InChI=1S/C11H14N4O/c1-2-9(1)15-8-13-6-10(15)5-12-7-11-3-4-14-16-11/h3-4,6,8-9,12H,1-2,5,7H2. The molecule has 5 nitrogen and oxygen atoms in total. The van der Waals surface area contributed by atoms with Crippen LogP contribution in [0.5, 0.6) is 0 Å². The molecule has 1 aliphatic carbocycles. The van der Waals surface area contributed by atoms with Crippen LogP contribution in [0.15, 0.2) is 29.3 Å². The Balaban J connectivity index is 1.56. The van der Waals surface area contributed by atoms with Crippen molar-refractivity contribution in [3.8, 4) is 0 Å². The van der Waals surface area contributed by atoms with Crippen LogP contribution in [0.1, 0.15) is 30.3 Å². The van der Waals surface area contributed by atoms with Crippen LogP contribution in [-0.4, -0.2) is 14.7 Å². The molecule has 1 aliphatic rings. The van der Waals surface area contributed by atoms with Gasteiger partial charge in [0.05, 0.1) is 24.8 Å². The Morgan fingerprint density at radius 3 is 3.12 bits per heavy atom. The summed E-state index contributed by atoms with van der Waals surface area (Å²) in [5.74, 6) is 0.859. The van der Waals surface area contributed by atoms with Gasteiger partial charge in [-0.25, -0.2) is 4.98 Å². The zero-order chi connectivity index (χ0) is 10.8. The molecular weight excluding hydrogens is 204 g/mol. The first kappa shape index (κ1) is 9.59. The molecule has 84 valence electrons. The second-order valence-corrected chi connectivity index (χ2v) is 4.11. The molecule has 2 heterocycles. The van der Waals surface area contributed by atoms with Gasteiger partial charge >= 0.3 is 0 Å². The van der Waals surface area contributed by atoms with E-state index in [9.17, 15) is 0 Å². The van der Waals surface area contributed by atoms with E-state index >= 15 is 0 Å². The third-order valence-corrected chi connectivity index (χ3v) is 2.78. The molecule has 1 saturated carbocycles. The normalized spacial score (nSPS) is 15.5. The van der Waals surface area contributed by atoms with Crippen molar-refractivity contribution in [1.29, 1.82) is 0 Å². The molecule has 0 amide bonds. The Morgan fingerprint density at radius 2 is 2.38 bits per heavy atom. The molecule has 1 N–H and O–H groups in total. The highest BCUT2D eigenvalue weighted by Crippen LogP contribution is 2.35. The highest BCUT2D eigenvalue weighted by atomic mass is 16.5. The summed E-state index contributed by atoms with van der Waals surface area (Å²) in [5, 5.41) is 6.98. The largest absolute Gasteiger partial charge is 0.360 e. The minimum atomic E-state index is 0.685. The zero-order valence-corrected chi connectivity index (χ0v) is 8.97. The lowest BCUT2D eigenvalue weighted by atomic mass is 10.4. The van der Waals surface area contributed by atoms with Crippen LogP contribution in [0.4, 0.5) is 0 Å². The molecule has 0 saturated heterocycles. The van der Waals surface area contributed by atoms with Crippen molar-refractivity contribution in [2.24, 2.45) is 0 Å². The molecule has 3 rings (SSSR count). The van der Waals surface area contributed by atoms with Crippen LogP contribution in [0.2, 0.25) is 0 Å². The van der Waals surface area contributed by atoms with Crippen LogP contribution in [0, 0.1) is 0 Å². The number of imidazole rings is 1. The lowest BCUT2D eigenvalue weighted by molar-refractivity contribution is 0.372. The van der Waals surface area contributed by atoms with Crippen LogP contribution < -0.4 is 5.32 Å². The van der Waals surface area contributed by atoms with E-state index in [2.05, 4.69) is 20.0 Å². The molecule has 1 fully saturated rings. The van der Waals surface area contributed by atoms with Gasteiger partial charge in [-0.3, -0.25) is 0 Å². The molecule has 5 heteroatoms. The van der Waals surface area contributed by atoms with Gasteiger partial charge in [-0.2, -0.15) is 0 Å². The Labute approximate surface area is 93.5 Å². The van der Waals surface area contributed by atoms with Gasteiger partial charge in [-0.1, -0.05) is 5.16 Å². The van der Waals surface area contributed by atoms with Gasteiger partial charge in [0, 0.05) is 24.8 Å². The maximum absolute atomic E-state index is 5.01. The molecule has 2 aromatic rings. The van der Waals surface area contributed by atoms with E-state index in [1.165, 1.54) is 18.5 Å². The van der Waals surface area contributed by atoms with Gasteiger partial charge in [0.15, 0.2) is 0 Å². The van der Waals surface area contributed by atoms with Crippen molar-refractivity contribution in [3.63, 3.8) is 0 Å². The summed E-state index contributed by atoms with van der Waals surface area (Å²) in [6, 6.07) is 2.55. The lowest BCUT2D eigenvalue weighted by Crippen LogP contribution is -2.15. The third kappa shape index (κ3) is 1.99. The fourth-order valence-electron chi connectivity index (χ4n) is 1.80. The molecule has 0 bridgehead atoms. The number of nitrogens with zero attached hydrogens (tertiary/aromatic N) is 3. The minimum absolute atomic E-state index is 0.685. The molecular formula is C11H14N4O. The van der Waals surface area contributed by atoms with Crippen LogP contribution in [0.25, 0.3) is 0 Å². The SMILES string of the molecule is c1cc(CNCc2cncn2C2CC2)on1. The first-order valence-corrected chi connectivity index (χ1v) is 5.54. The third-order valence-electron chi connectivity index (χ3n) is 2.78. The Kier molecular flexibility index (Phi) is 2.46. The average molecular weight is 218 g/mol. The first-order valence-electron chi connectivity index (χ1n) is 5.54. The molecule has 0 radical (unpaired) electrons. The summed E-state index contributed by atoms with van der Waals surface area (Å²) in [7, 11) is 0. The average Bonchev–Trinajstić information content (AvgIpc) is 2.82. The van der Waals surface area contributed by atoms with E-state index < -0.39 is 0 Å². The fourth-order valence-corrected chi connectivity index (χ4v) is 1.80. The zero-order valence-electron chi connectivity index (χ0n) is 8.97. The summed E-state index contributed by atoms with van der Waals surface area (Å²) in [5.41, 5.74) is 1.24. The number of hydrogen-bond donors (Lipinski definition) is 1. The predicted octanol–water partition coefficient (Wildman–Crippen LogP) is 1.50. The predicted molar refractivity (Wildman–Crippen MR) is 57.5 cm³/mol. The Bertz CT molecular complexity index is 444. The van der Waals surface area contributed by atoms with Crippen molar-refractivity contribution in [1.82, 2.24) is 20.0 Å². The van der Waals surface area contributed by atoms with Crippen molar-refractivity contribution in [2.45, 2.75) is 32.0 Å². The van der Waals surface area contributed by atoms with Crippen molar-refractivity contribution >= 4 is 0 Å². The number of aromatic nitrogens is 3. The molecule has 0 unspecified atom stereocenters. The van der Waals surface area contributed by atoms with E-state index in [1.807, 2.05) is 18.6 Å². The van der Waals surface area contributed by atoms with Gasteiger partial charge < -0.3 is 14.4 Å². The smallest absolute Gasteiger partial charge is 0.150 e. The molecule has 0 atom stereocenters. The Hall–Kier alpha value is -1.62. The summed E-state index contributed by atoms with van der Waals surface area (Å²) >= 11 is 0. The van der Waals surface area contributed by atoms with E-state index in [0.29, 0.717) is 12.6 Å². The van der Waals surface area contributed by atoms with Gasteiger partial charge in [0.25, 0.3) is 0 Å². The summed E-state index contributed by atoms with van der Waals surface area (Å²) in [6.45, 7) is 1.52. The molecule has 16 heavy (non-hydrogen) atoms. The van der Waals surface area contributed by atoms with E-state index in [-0.39, 0.29) is 0 Å². The van der Waals surface area contributed by atoms with E-state index in [4.69, 9.17) is 4.52 Å². The van der Waals surface area contributed by atoms with Crippen LogP contribution in [-0.2, 0) is 13.1 Å². The quantitative estimate of drug-likeness (QED) is 0.826. The lowest BCUT2D eigenvalue weighted by Gasteiger charge is -2.06.